The fraction of sp³-hybridized carbons (Fsp3) is 0.381. The molecule has 146 valence electrons. The first kappa shape index (κ1) is 18.8. The van der Waals surface area contributed by atoms with Crippen LogP contribution in [0.3, 0.4) is 0 Å². The minimum absolute atomic E-state index is 0.0843. The maximum Gasteiger partial charge on any atom is 0.251 e. The number of aryl methyl sites for hydroxylation is 2. The second kappa shape index (κ2) is 8.67. The predicted octanol–water partition coefficient (Wildman–Crippen LogP) is 3.56. The number of carbonyl (C=O) groups excluding carboxylic acids is 1. The molecule has 0 spiro atoms. The molecule has 2 aromatic heterocycles. The lowest BCUT2D eigenvalue weighted by Gasteiger charge is -2.12. The molecule has 4 rings (SSSR count). The summed E-state index contributed by atoms with van der Waals surface area (Å²) in [6.07, 6.45) is 6.41. The van der Waals surface area contributed by atoms with Crippen LogP contribution in [0, 0.1) is 0 Å². The van der Waals surface area contributed by atoms with Crippen molar-refractivity contribution in [3.05, 3.63) is 52.2 Å². The highest BCUT2D eigenvalue weighted by molar-refractivity contribution is 7.19. The number of benzene rings is 1. The van der Waals surface area contributed by atoms with Gasteiger partial charge in [-0.15, -0.1) is 11.3 Å². The number of methoxy groups -OCH3 is 1. The van der Waals surface area contributed by atoms with Gasteiger partial charge in [0.2, 0.25) is 0 Å². The van der Waals surface area contributed by atoms with Crippen molar-refractivity contribution in [1.29, 1.82) is 0 Å². The number of nitrogens with zero attached hydrogens (tertiary/aromatic N) is 2. The number of thiophene rings is 1. The number of hydrogen-bond donors (Lipinski definition) is 2. The Morgan fingerprint density at radius 3 is 2.82 bits per heavy atom. The third-order valence-corrected chi connectivity index (χ3v) is 6.22. The molecule has 1 aromatic carbocycles. The Labute approximate surface area is 168 Å². The largest absolute Gasteiger partial charge is 0.383 e. The summed E-state index contributed by atoms with van der Waals surface area (Å²) in [5.74, 6) is 0.824. The molecule has 1 aliphatic rings. The van der Waals surface area contributed by atoms with Crippen molar-refractivity contribution in [1.82, 2.24) is 15.3 Å². The first-order valence-electron chi connectivity index (χ1n) is 9.61. The van der Waals surface area contributed by atoms with E-state index in [1.165, 1.54) is 28.7 Å². The molecule has 0 unspecified atom stereocenters. The molecule has 1 aliphatic carbocycles. The third-order valence-electron chi connectivity index (χ3n) is 5.02. The molecule has 3 aromatic rings. The Bertz CT molecular complexity index is 968. The zero-order valence-corrected chi connectivity index (χ0v) is 16.8. The highest BCUT2D eigenvalue weighted by atomic mass is 32.1. The van der Waals surface area contributed by atoms with Crippen LogP contribution in [0.2, 0.25) is 0 Å². The van der Waals surface area contributed by atoms with Gasteiger partial charge in [0.25, 0.3) is 5.91 Å². The van der Waals surface area contributed by atoms with Gasteiger partial charge in [-0.05, 0) is 48.9 Å². The number of aromatic nitrogens is 2. The van der Waals surface area contributed by atoms with Gasteiger partial charge in [0.15, 0.2) is 0 Å². The molecule has 0 saturated heterocycles. The number of carbonyl (C=O) groups is 1. The van der Waals surface area contributed by atoms with Crippen LogP contribution in [0.25, 0.3) is 10.2 Å². The first-order valence-corrected chi connectivity index (χ1v) is 10.4. The molecule has 0 bridgehead atoms. The van der Waals surface area contributed by atoms with Crippen LogP contribution in [-0.2, 0) is 24.1 Å². The van der Waals surface area contributed by atoms with Crippen LogP contribution in [0.5, 0.6) is 0 Å². The molecule has 1 amide bonds. The monoisotopic (exact) mass is 396 g/mol. The van der Waals surface area contributed by atoms with Crippen LogP contribution in [0.15, 0.2) is 30.6 Å². The van der Waals surface area contributed by atoms with Gasteiger partial charge in [0.05, 0.1) is 12.0 Å². The fourth-order valence-corrected chi connectivity index (χ4v) is 4.78. The van der Waals surface area contributed by atoms with Gasteiger partial charge in [-0.2, -0.15) is 0 Å². The predicted molar refractivity (Wildman–Crippen MR) is 112 cm³/mol. The summed E-state index contributed by atoms with van der Waals surface area (Å²) in [5, 5.41) is 7.49. The summed E-state index contributed by atoms with van der Waals surface area (Å²) in [7, 11) is 1.62. The first-order chi connectivity index (χ1) is 13.8. The Hall–Kier alpha value is -2.51. The molecule has 2 heterocycles. The Morgan fingerprint density at radius 1 is 1.18 bits per heavy atom. The van der Waals surface area contributed by atoms with Crippen LogP contribution in [-0.4, -0.2) is 36.1 Å². The molecular formula is C21H24N4O2S. The van der Waals surface area contributed by atoms with Crippen LogP contribution in [0.4, 0.5) is 5.82 Å². The van der Waals surface area contributed by atoms with E-state index in [9.17, 15) is 4.79 Å². The average molecular weight is 397 g/mol. The van der Waals surface area contributed by atoms with E-state index >= 15 is 0 Å². The zero-order valence-electron chi connectivity index (χ0n) is 16.0. The quantitative estimate of drug-likeness (QED) is 0.597. The maximum absolute atomic E-state index is 12.1. The van der Waals surface area contributed by atoms with Gasteiger partial charge in [-0.1, -0.05) is 12.1 Å². The Kier molecular flexibility index (Phi) is 5.83. The number of fused-ring (bicyclic) bond motifs is 3. The lowest BCUT2D eigenvalue weighted by Crippen LogP contribution is -2.26. The molecule has 6 nitrogen and oxygen atoms in total. The zero-order chi connectivity index (χ0) is 19.3. The normalized spacial score (nSPS) is 13.3. The van der Waals surface area contributed by atoms with Crippen molar-refractivity contribution in [2.75, 3.05) is 25.6 Å². The van der Waals surface area contributed by atoms with Crippen molar-refractivity contribution in [2.45, 2.75) is 32.2 Å². The summed E-state index contributed by atoms with van der Waals surface area (Å²) in [6.45, 7) is 1.67. The van der Waals surface area contributed by atoms with E-state index in [-0.39, 0.29) is 5.91 Å². The second-order valence-corrected chi connectivity index (χ2v) is 8.00. The summed E-state index contributed by atoms with van der Waals surface area (Å²) in [5.41, 5.74) is 3.18. The van der Waals surface area contributed by atoms with Gasteiger partial charge in [-0.25, -0.2) is 9.97 Å². The minimum atomic E-state index is -0.0843. The molecule has 28 heavy (non-hydrogen) atoms. The highest BCUT2D eigenvalue weighted by Crippen LogP contribution is 2.38. The standard InChI is InChI=1S/C21H24N4O2S/c1-27-11-10-22-20(26)15-8-6-14(7-9-15)12-23-19-18-16-4-2-3-5-17(16)28-21(18)25-13-24-19/h6-9,13H,2-5,10-12H2,1H3,(H,22,26)(H,23,24,25). The van der Waals surface area contributed by atoms with Crippen molar-refractivity contribution < 1.29 is 9.53 Å². The van der Waals surface area contributed by atoms with E-state index in [0.29, 0.717) is 25.3 Å². The van der Waals surface area contributed by atoms with Gasteiger partial charge in [0, 0.05) is 30.6 Å². The van der Waals surface area contributed by atoms with Crippen molar-refractivity contribution >= 4 is 33.3 Å². The van der Waals surface area contributed by atoms with Crippen LogP contribution < -0.4 is 10.6 Å². The van der Waals surface area contributed by atoms with E-state index < -0.39 is 0 Å². The lowest BCUT2D eigenvalue weighted by molar-refractivity contribution is 0.0937. The summed E-state index contributed by atoms with van der Waals surface area (Å²) in [4.78, 5) is 23.6. The van der Waals surface area contributed by atoms with Gasteiger partial charge >= 0.3 is 0 Å². The molecule has 0 radical (unpaired) electrons. The van der Waals surface area contributed by atoms with Crippen molar-refractivity contribution in [2.24, 2.45) is 0 Å². The van der Waals surface area contributed by atoms with E-state index in [1.807, 2.05) is 24.3 Å². The highest BCUT2D eigenvalue weighted by Gasteiger charge is 2.19. The molecule has 0 aliphatic heterocycles. The van der Waals surface area contributed by atoms with E-state index in [4.69, 9.17) is 4.74 Å². The summed E-state index contributed by atoms with van der Waals surface area (Å²) >= 11 is 1.80. The van der Waals surface area contributed by atoms with Gasteiger partial charge in [-0.3, -0.25) is 4.79 Å². The number of nitrogens with one attached hydrogen (secondary N) is 2. The van der Waals surface area contributed by atoms with Gasteiger partial charge in [0.1, 0.15) is 17.0 Å². The molecule has 0 saturated carbocycles. The summed E-state index contributed by atoms with van der Waals surface area (Å²) < 4.78 is 4.95. The Balaban J connectivity index is 1.45. The fourth-order valence-electron chi connectivity index (χ4n) is 3.55. The average Bonchev–Trinajstić information content (AvgIpc) is 3.12. The minimum Gasteiger partial charge on any atom is -0.383 e. The number of rotatable bonds is 7. The smallest absolute Gasteiger partial charge is 0.251 e. The molecule has 0 atom stereocenters. The van der Waals surface area contributed by atoms with E-state index in [2.05, 4.69) is 20.6 Å². The van der Waals surface area contributed by atoms with Gasteiger partial charge < -0.3 is 15.4 Å². The Morgan fingerprint density at radius 2 is 2.00 bits per heavy atom. The number of amides is 1. The maximum atomic E-state index is 12.1. The second-order valence-electron chi connectivity index (χ2n) is 6.91. The molecule has 7 heteroatoms. The van der Waals surface area contributed by atoms with E-state index in [1.54, 1.807) is 24.8 Å². The molecule has 2 N–H and O–H groups in total. The lowest BCUT2D eigenvalue weighted by atomic mass is 9.97. The van der Waals surface area contributed by atoms with Crippen molar-refractivity contribution in [3.63, 3.8) is 0 Å². The SMILES string of the molecule is COCCNC(=O)c1ccc(CNc2ncnc3sc4c(c23)CCCC4)cc1. The molecule has 0 fully saturated rings. The molecular weight excluding hydrogens is 372 g/mol. The van der Waals surface area contributed by atoms with Crippen molar-refractivity contribution in [3.8, 4) is 0 Å². The topological polar surface area (TPSA) is 76.1 Å². The third kappa shape index (κ3) is 4.00. The number of anilines is 1. The number of hydrogen-bond acceptors (Lipinski definition) is 6. The number of ether oxygens (including phenoxy) is 1. The van der Waals surface area contributed by atoms with Crippen LogP contribution >= 0.6 is 11.3 Å². The van der Waals surface area contributed by atoms with Crippen LogP contribution in [0.1, 0.15) is 39.2 Å². The summed E-state index contributed by atoms with van der Waals surface area (Å²) in [6, 6.07) is 7.64. The van der Waals surface area contributed by atoms with E-state index in [0.717, 1.165) is 29.1 Å².